The lowest BCUT2D eigenvalue weighted by atomic mass is 9.79. The van der Waals surface area contributed by atoms with Gasteiger partial charge in [-0.3, -0.25) is 9.36 Å². The summed E-state index contributed by atoms with van der Waals surface area (Å²) >= 11 is 0. The van der Waals surface area contributed by atoms with Crippen LogP contribution in [0.3, 0.4) is 0 Å². The van der Waals surface area contributed by atoms with Crippen molar-refractivity contribution in [1.82, 2.24) is 4.57 Å². The number of oxazole rings is 1. The zero-order valence-electron chi connectivity index (χ0n) is 10.7. The molecule has 0 bridgehead atoms. The first-order valence-corrected chi connectivity index (χ1v) is 6.34. The van der Waals surface area contributed by atoms with E-state index < -0.39 is 11.4 Å². The van der Waals surface area contributed by atoms with Crippen molar-refractivity contribution in [1.29, 1.82) is 0 Å². The molecule has 0 saturated heterocycles. The van der Waals surface area contributed by atoms with Crippen molar-refractivity contribution >= 4 is 16.9 Å². The molecule has 0 spiro atoms. The molecule has 0 amide bonds. The maximum Gasteiger partial charge on any atom is 0.419 e. The molecule has 1 aromatic heterocycles. The van der Waals surface area contributed by atoms with E-state index in [1.165, 1.54) is 4.57 Å². The Hall–Kier alpha value is -1.88. The smallest absolute Gasteiger partial charge is 0.408 e. The van der Waals surface area contributed by atoms with Gasteiger partial charge in [0.15, 0.2) is 5.58 Å². The molecule has 19 heavy (non-hydrogen) atoms. The summed E-state index contributed by atoms with van der Waals surface area (Å²) in [6.45, 7) is 0. The predicted molar refractivity (Wildman–Crippen MR) is 68.8 cm³/mol. The third-order valence-electron chi connectivity index (χ3n) is 3.96. The number of hydrogen-bond acceptors (Lipinski definition) is 4. The Bertz CT molecular complexity index is 700. The molecule has 0 unspecified atom stereocenters. The number of fused-ring (bicyclic) bond motifs is 1. The number of rotatable bonds is 1. The average Bonchev–Trinajstić information content (AvgIpc) is 2.69. The lowest BCUT2D eigenvalue weighted by Gasteiger charge is -2.31. The van der Waals surface area contributed by atoms with Gasteiger partial charge >= 0.3 is 5.76 Å². The minimum atomic E-state index is -0.977. The summed E-state index contributed by atoms with van der Waals surface area (Å²) in [5.41, 5.74) is 0.929. The van der Waals surface area contributed by atoms with E-state index in [1.54, 1.807) is 25.2 Å². The number of aryl methyl sites for hydroxylation is 1. The van der Waals surface area contributed by atoms with Gasteiger partial charge < -0.3 is 9.52 Å². The summed E-state index contributed by atoms with van der Waals surface area (Å²) in [4.78, 5) is 22.7. The average molecular weight is 261 g/mol. The third kappa shape index (κ3) is 1.90. The molecule has 100 valence electrons. The number of hydrogen-bond donors (Lipinski definition) is 1. The molecule has 1 N–H and O–H groups in total. The van der Waals surface area contributed by atoms with Crippen LogP contribution in [0.4, 0.5) is 0 Å². The zero-order chi connectivity index (χ0) is 13.6. The predicted octanol–water partition coefficient (Wildman–Crippen LogP) is 1.46. The van der Waals surface area contributed by atoms with Gasteiger partial charge in [-0.25, -0.2) is 4.79 Å². The summed E-state index contributed by atoms with van der Waals surface area (Å²) in [6.07, 6.45) is 1.67. The second-order valence-electron chi connectivity index (χ2n) is 5.18. The molecule has 3 rings (SSSR count). The fourth-order valence-electron chi connectivity index (χ4n) is 2.65. The summed E-state index contributed by atoms with van der Waals surface area (Å²) in [6, 6.07) is 5.23. The van der Waals surface area contributed by atoms with E-state index >= 15 is 0 Å². The summed E-state index contributed by atoms with van der Waals surface area (Å²) in [7, 11) is 1.63. The van der Waals surface area contributed by atoms with E-state index in [1.807, 2.05) is 0 Å². The van der Waals surface area contributed by atoms with Crippen molar-refractivity contribution in [3.63, 3.8) is 0 Å². The van der Waals surface area contributed by atoms with Crippen LogP contribution in [0.2, 0.25) is 0 Å². The molecule has 2 aromatic rings. The van der Waals surface area contributed by atoms with Gasteiger partial charge in [0, 0.05) is 19.9 Å². The highest BCUT2D eigenvalue weighted by molar-refractivity contribution is 5.80. The highest BCUT2D eigenvalue weighted by Gasteiger charge is 2.34. The van der Waals surface area contributed by atoms with Crippen LogP contribution in [-0.4, -0.2) is 15.5 Å². The Labute approximate surface area is 109 Å². The molecule has 1 aromatic carbocycles. The lowest BCUT2D eigenvalue weighted by molar-refractivity contribution is -0.125. The van der Waals surface area contributed by atoms with Crippen molar-refractivity contribution in [3.8, 4) is 0 Å². The van der Waals surface area contributed by atoms with Crippen LogP contribution in [0, 0.1) is 0 Å². The van der Waals surface area contributed by atoms with Gasteiger partial charge in [-0.05, 0) is 30.5 Å². The maximum absolute atomic E-state index is 11.4. The van der Waals surface area contributed by atoms with E-state index in [0.29, 0.717) is 36.8 Å². The molecule has 0 aliphatic heterocycles. The summed E-state index contributed by atoms with van der Waals surface area (Å²) in [5.74, 6) is -0.223. The van der Waals surface area contributed by atoms with Crippen molar-refractivity contribution in [2.24, 2.45) is 7.05 Å². The van der Waals surface area contributed by atoms with Gasteiger partial charge in [-0.2, -0.15) is 0 Å². The molecule has 1 saturated carbocycles. The van der Waals surface area contributed by atoms with Crippen LogP contribution in [0.15, 0.2) is 27.4 Å². The van der Waals surface area contributed by atoms with Crippen molar-refractivity contribution in [2.45, 2.75) is 31.3 Å². The summed E-state index contributed by atoms with van der Waals surface area (Å²) in [5, 5.41) is 10.6. The standard InChI is InChI=1S/C14H15NO4/c1-15-11-8-9(2-3-12(11)19-13(15)17)14(18)6-4-10(16)5-7-14/h2-3,8,18H,4-7H2,1H3. The van der Waals surface area contributed by atoms with E-state index in [0.717, 1.165) is 5.56 Å². The molecule has 5 nitrogen and oxygen atoms in total. The molecule has 1 heterocycles. The Morgan fingerprint density at radius 3 is 2.63 bits per heavy atom. The maximum atomic E-state index is 11.4. The number of aromatic nitrogens is 1. The first-order valence-electron chi connectivity index (χ1n) is 6.34. The number of Topliss-reactive ketones (excluding diaryl/α,β-unsaturated/α-hetero) is 1. The van der Waals surface area contributed by atoms with Gasteiger partial charge in [0.1, 0.15) is 5.78 Å². The minimum Gasteiger partial charge on any atom is -0.408 e. The molecule has 1 fully saturated rings. The van der Waals surface area contributed by atoms with Gasteiger partial charge in [-0.15, -0.1) is 0 Å². The number of nitrogens with zero attached hydrogens (tertiary/aromatic N) is 1. The molecular formula is C14H15NO4. The fraction of sp³-hybridized carbons (Fsp3) is 0.429. The SMILES string of the molecule is Cn1c(=O)oc2ccc(C3(O)CCC(=O)CC3)cc21. The van der Waals surface area contributed by atoms with Crippen LogP contribution in [0.5, 0.6) is 0 Å². The second kappa shape index (κ2) is 4.06. The van der Waals surface area contributed by atoms with E-state index in [2.05, 4.69) is 0 Å². The second-order valence-corrected chi connectivity index (χ2v) is 5.18. The largest absolute Gasteiger partial charge is 0.419 e. The fourth-order valence-corrected chi connectivity index (χ4v) is 2.65. The molecule has 1 aliphatic rings. The Morgan fingerprint density at radius 2 is 1.95 bits per heavy atom. The number of aliphatic hydroxyl groups is 1. The zero-order valence-corrected chi connectivity index (χ0v) is 10.7. The molecule has 0 atom stereocenters. The molecule has 5 heteroatoms. The topological polar surface area (TPSA) is 72.4 Å². The lowest BCUT2D eigenvalue weighted by Crippen LogP contribution is -2.31. The van der Waals surface area contributed by atoms with E-state index in [9.17, 15) is 14.7 Å². The van der Waals surface area contributed by atoms with Gasteiger partial charge in [0.05, 0.1) is 11.1 Å². The molecule has 0 radical (unpaired) electrons. The Balaban J connectivity index is 2.08. The van der Waals surface area contributed by atoms with Crippen molar-refractivity contribution in [3.05, 3.63) is 34.3 Å². The highest BCUT2D eigenvalue weighted by atomic mass is 16.4. The van der Waals surface area contributed by atoms with Crippen LogP contribution >= 0.6 is 0 Å². The van der Waals surface area contributed by atoms with Crippen LogP contribution < -0.4 is 5.76 Å². The minimum absolute atomic E-state index is 0.196. The van der Waals surface area contributed by atoms with Crippen LogP contribution in [-0.2, 0) is 17.4 Å². The highest BCUT2D eigenvalue weighted by Crippen LogP contribution is 2.36. The number of carbonyl (C=O) groups excluding carboxylic acids is 1. The Morgan fingerprint density at radius 1 is 1.26 bits per heavy atom. The van der Waals surface area contributed by atoms with Gasteiger partial charge in [0.25, 0.3) is 0 Å². The first kappa shape index (κ1) is 12.2. The van der Waals surface area contributed by atoms with Crippen molar-refractivity contribution in [2.75, 3.05) is 0 Å². The molecule has 1 aliphatic carbocycles. The van der Waals surface area contributed by atoms with Gasteiger partial charge in [-0.1, -0.05) is 6.07 Å². The molecular weight excluding hydrogens is 246 g/mol. The van der Waals surface area contributed by atoms with Crippen LogP contribution in [0.25, 0.3) is 11.1 Å². The third-order valence-corrected chi connectivity index (χ3v) is 3.96. The van der Waals surface area contributed by atoms with Gasteiger partial charge in [0.2, 0.25) is 0 Å². The quantitative estimate of drug-likeness (QED) is 0.843. The van der Waals surface area contributed by atoms with E-state index in [4.69, 9.17) is 4.42 Å². The van der Waals surface area contributed by atoms with E-state index in [-0.39, 0.29) is 5.78 Å². The number of ketones is 1. The number of carbonyl (C=O) groups is 1. The first-order chi connectivity index (χ1) is 8.99. The monoisotopic (exact) mass is 261 g/mol. The Kier molecular flexibility index (Phi) is 2.60. The van der Waals surface area contributed by atoms with Crippen molar-refractivity contribution < 1.29 is 14.3 Å². The normalized spacial score (nSPS) is 18.9. The van der Waals surface area contributed by atoms with Crippen LogP contribution in [0.1, 0.15) is 31.2 Å². The summed E-state index contributed by atoms with van der Waals surface area (Å²) < 4.78 is 6.48. The number of benzene rings is 1.